The average molecular weight is 341 g/mol. The Bertz CT molecular complexity index is 490. The number of alkyl carbamates (subject to hydrolysis) is 1. The highest BCUT2D eigenvalue weighted by Gasteiger charge is 2.15. The largest absolute Gasteiger partial charge is 0.445 e. The van der Waals surface area contributed by atoms with Gasteiger partial charge in [0.15, 0.2) is 10.2 Å². The Morgan fingerprint density at radius 2 is 1.59 bits per heavy atom. The number of benzene rings is 1. The van der Waals surface area contributed by atoms with Crippen molar-refractivity contribution in [1.82, 2.24) is 5.32 Å². The Morgan fingerprint density at radius 1 is 1.05 bits per heavy atom. The van der Waals surface area contributed by atoms with Crippen molar-refractivity contribution in [1.29, 1.82) is 0 Å². The molecule has 1 aromatic carbocycles. The van der Waals surface area contributed by atoms with Gasteiger partial charge in [-0.1, -0.05) is 53.9 Å². The third-order valence-electron chi connectivity index (χ3n) is 2.51. The fraction of sp³-hybridized carbons (Fsp3) is 0.400. The lowest BCUT2D eigenvalue weighted by molar-refractivity contribution is -0.109. The number of rotatable bonds is 7. The van der Waals surface area contributed by atoms with Crippen LogP contribution in [0.15, 0.2) is 30.3 Å². The van der Waals surface area contributed by atoms with Crippen LogP contribution in [-0.2, 0) is 20.9 Å². The number of carbonyl (C=O) groups excluding carboxylic acids is 3. The number of amides is 1. The molecule has 0 spiro atoms. The molecule has 0 saturated heterocycles. The van der Waals surface area contributed by atoms with Crippen molar-refractivity contribution < 1.29 is 19.1 Å². The standard InChI is InChI=1S/C15H19NO4S2/c1-11(17)21-9-14(10-22-12(2)18)16-15(19)20-8-13-6-4-3-5-7-13/h3-7,14H,8-10H2,1-2H3,(H,16,19). The maximum Gasteiger partial charge on any atom is 0.407 e. The first-order valence-electron chi connectivity index (χ1n) is 6.71. The van der Waals surface area contributed by atoms with Crippen LogP contribution in [0.1, 0.15) is 19.4 Å². The fourth-order valence-corrected chi connectivity index (χ4v) is 2.92. The summed E-state index contributed by atoms with van der Waals surface area (Å²) in [6, 6.07) is 9.05. The number of ether oxygens (including phenoxy) is 1. The van der Waals surface area contributed by atoms with E-state index in [0.29, 0.717) is 11.5 Å². The molecule has 0 aliphatic rings. The molecule has 7 heteroatoms. The third kappa shape index (κ3) is 8.74. The van der Waals surface area contributed by atoms with Crippen molar-refractivity contribution in [3.8, 4) is 0 Å². The minimum absolute atomic E-state index is 0.0303. The lowest BCUT2D eigenvalue weighted by Crippen LogP contribution is -2.39. The van der Waals surface area contributed by atoms with Gasteiger partial charge in [-0.25, -0.2) is 4.79 Å². The fourth-order valence-electron chi connectivity index (χ4n) is 1.50. The quantitative estimate of drug-likeness (QED) is 0.822. The van der Waals surface area contributed by atoms with E-state index < -0.39 is 6.09 Å². The van der Waals surface area contributed by atoms with Crippen LogP contribution in [0.2, 0.25) is 0 Å². The molecule has 0 unspecified atom stereocenters. The molecule has 0 heterocycles. The van der Waals surface area contributed by atoms with E-state index >= 15 is 0 Å². The van der Waals surface area contributed by atoms with Gasteiger partial charge in [0.25, 0.3) is 0 Å². The van der Waals surface area contributed by atoms with Crippen LogP contribution in [0.3, 0.4) is 0 Å². The summed E-state index contributed by atoms with van der Waals surface area (Å²) in [4.78, 5) is 33.9. The van der Waals surface area contributed by atoms with Crippen LogP contribution in [0.25, 0.3) is 0 Å². The van der Waals surface area contributed by atoms with Crippen LogP contribution in [0.4, 0.5) is 4.79 Å². The molecule has 1 rings (SSSR count). The van der Waals surface area contributed by atoms with Gasteiger partial charge in [-0.05, 0) is 5.56 Å². The maximum absolute atomic E-state index is 11.8. The molecule has 1 aromatic rings. The number of hydrogen-bond acceptors (Lipinski definition) is 6. The molecule has 0 saturated carbocycles. The van der Waals surface area contributed by atoms with Crippen LogP contribution < -0.4 is 5.32 Å². The average Bonchev–Trinajstić information content (AvgIpc) is 2.48. The molecule has 1 amide bonds. The van der Waals surface area contributed by atoms with Gasteiger partial charge in [0.1, 0.15) is 6.61 Å². The summed E-state index contributed by atoms with van der Waals surface area (Å²) >= 11 is 2.23. The maximum atomic E-state index is 11.8. The van der Waals surface area contributed by atoms with E-state index in [0.717, 1.165) is 29.1 Å². The normalized spacial score (nSPS) is 10.3. The zero-order valence-corrected chi connectivity index (χ0v) is 14.2. The third-order valence-corrected chi connectivity index (χ3v) is 4.46. The number of nitrogens with one attached hydrogen (secondary N) is 1. The predicted octanol–water partition coefficient (Wildman–Crippen LogP) is 2.84. The Morgan fingerprint density at radius 3 is 2.09 bits per heavy atom. The van der Waals surface area contributed by atoms with E-state index in [1.165, 1.54) is 13.8 Å². The van der Waals surface area contributed by atoms with Gasteiger partial charge in [-0.2, -0.15) is 0 Å². The highest BCUT2D eigenvalue weighted by atomic mass is 32.2. The van der Waals surface area contributed by atoms with Crippen molar-refractivity contribution in [2.24, 2.45) is 0 Å². The molecule has 5 nitrogen and oxygen atoms in total. The first-order chi connectivity index (χ1) is 10.5. The molecular weight excluding hydrogens is 322 g/mol. The van der Waals surface area contributed by atoms with Crippen LogP contribution in [0.5, 0.6) is 0 Å². The predicted molar refractivity (Wildman–Crippen MR) is 89.8 cm³/mol. The van der Waals surface area contributed by atoms with E-state index in [1.807, 2.05) is 30.3 Å². The van der Waals surface area contributed by atoms with Crippen molar-refractivity contribution in [3.05, 3.63) is 35.9 Å². The summed E-state index contributed by atoms with van der Waals surface area (Å²) in [6.45, 7) is 3.11. The van der Waals surface area contributed by atoms with E-state index in [9.17, 15) is 14.4 Å². The molecule has 22 heavy (non-hydrogen) atoms. The molecule has 0 bridgehead atoms. The summed E-state index contributed by atoms with van der Waals surface area (Å²) in [5, 5.41) is 2.63. The van der Waals surface area contributed by atoms with Gasteiger partial charge in [0.05, 0.1) is 6.04 Å². The Hall–Kier alpha value is -1.47. The van der Waals surface area contributed by atoms with Crippen molar-refractivity contribution in [2.45, 2.75) is 26.5 Å². The Kier molecular flexibility index (Phi) is 8.69. The smallest absolute Gasteiger partial charge is 0.407 e. The van der Waals surface area contributed by atoms with Crippen LogP contribution in [-0.4, -0.2) is 33.9 Å². The molecule has 0 aliphatic heterocycles. The second-order valence-corrected chi connectivity index (χ2v) is 6.90. The lowest BCUT2D eigenvalue weighted by atomic mass is 10.2. The molecule has 0 atom stereocenters. The minimum atomic E-state index is -0.554. The highest BCUT2D eigenvalue weighted by molar-refractivity contribution is 8.14. The van der Waals surface area contributed by atoms with Crippen LogP contribution >= 0.6 is 23.5 Å². The first kappa shape index (κ1) is 18.6. The zero-order valence-electron chi connectivity index (χ0n) is 12.5. The van der Waals surface area contributed by atoms with Gasteiger partial charge in [0, 0.05) is 25.4 Å². The second-order valence-electron chi connectivity index (χ2n) is 4.51. The van der Waals surface area contributed by atoms with Gasteiger partial charge in [-0.15, -0.1) is 0 Å². The molecular formula is C15H19NO4S2. The number of hydrogen-bond donors (Lipinski definition) is 1. The molecule has 0 radical (unpaired) electrons. The van der Waals surface area contributed by atoms with E-state index in [2.05, 4.69) is 5.32 Å². The van der Waals surface area contributed by atoms with Crippen LogP contribution in [0, 0.1) is 0 Å². The van der Waals surface area contributed by atoms with E-state index in [-0.39, 0.29) is 22.9 Å². The first-order valence-corrected chi connectivity index (χ1v) is 8.68. The SMILES string of the molecule is CC(=O)SCC(CSC(C)=O)NC(=O)OCc1ccccc1. The zero-order chi connectivity index (χ0) is 16.4. The molecule has 0 aromatic heterocycles. The summed E-state index contributed by atoms with van der Waals surface area (Å²) in [6.07, 6.45) is -0.554. The highest BCUT2D eigenvalue weighted by Crippen LogP contribution is 2.11. The van der Waals surface area contributed by atoms with Crippen molar-refractivity contribution in [3.63, 3.8) is 0 Å². The van der Waals surface area contributed by atoms with Crippen molar-refractivity contribution >= 4 is 39.8 Å². The summed E-state index contributed by atoms with van der Waals surface area (Å²) in [5.41, 5.74) is 0.894. The topological polar surface area (TPSA) is 72.5 Å². The molecule has 120 valence electrons. The number of carbonyl (C=O) groups is 3. The summed E-state index contributed by atoms with van der Waals surface area (Å²) in [5.74, 6) is 0.825. The summed E-state index contributed by atoms with van der Waals surface area (Å²) < 4.78 is 5.13. The molecule has 1 N–H and O–H groups in total. The van der Waals surface area contributed by atoms with Gasteiger partial charge >= 0.3 is 6.09 Å². The molecule has 0 fully saturated rings. The second kappa shape index (κ2) is 10.3. The molecule has 0 aliphatic carbocycles. The van der Waals surface area contributed by atoms with E-state index in [4.69, 9.17) is 4.74 Å². The Labute approximate surface area is 138 Å². The lowest BCUT2D eigenvalue weighted by Gasteiger charge is -2.16. The van der Waals surface area contributed by atoms with Gasteiger partial charge in [0.2, 0.25) is 0 Å². The van der Waals surface area contributed by atoms with Gasteiger partial charge in [-0.3, -0.25) is 9.59 Å². The Balaban J connectivity index is 2.42. The number of thioether (sulfide) groups is 2. The van der Waals surface area contributed by atoms with E-state index in [1.54, 1.807) is 0 Å². The van der Waals surface area contributed by atoms with Gasteiger partial charge < -0.3 is 10.1 Å². The van der Waals surface area contributed by atoms with Crippen molar-refractivity contribution in [2.75, 3.05) is 11.5 Å². The monoisotopic (exact) mass is 341 g/mol. The minimum Gasteiger partial charge on any atom is -0.445 e. The summed E-state index contributed by atoms with van der Waals surface area (Å²) in [7, 11) is 0.